The van der Waals surface area contributed by atoms with Gasteiger partial charge in [0.25, 0.3) is 0 Å². The van der Waals surface area contributed by atoms with E-state index in [1.807, 2.05) is 11.6 Å². The van der Waals surface area contributed by atoms with Gasteiger partial charge in [-0.1, -0.05) is 48.4 Å². The molecule has 2 atom stereocenters. The number of carbonyl (C=O) groups is 1. The quantitative estimate of drug-likeness (QED) is 0.341. The van der Waals surface area contributed by atoms with Crippen molar-refractivity contribution in [2.75, 3.05) is 18.0 Å². The number of amides is 1. The minimum absolute atomic E-state index is 0.0187. The maximum absolute atomic E-state index is 13.2. The number of carbonyl (C=O) groups excluding carboxylic acids is 1. The van der Waals surface area contributed by atoms with Gasteiger partial charge in [0.1, 0.15) is 0 Å². The Labute approximate surface area is 208 Å². The van der Waals surface area contributed by atoms with Crippen molar-refractivity contribution in [1.82, 2.24) is 20.1 Å². The van der Waals surface area contributed by atoms with Crippen molar-refractivity contribution < 1.29 is 4.79 Å². The van der Waals surface area contributed by atoms with Gasteiger partial charge in [0.2, 0.25) is 5.91 Å². The third-order valence-corrected chi connectivity index (χ3v) is 8.70. The van der Waals surface area contributed by atoms with E-state index in [4.69, 9.17) is 10.1 Å². The molecular weight excluding hydrogens is 462 g/mol. The number of nitrogens with zero attached hydrogens (tertiary/aromatic N) is 4. The monoisotopic (exact) mass is 493 g/mol. The van der Waals surface area contributed by atoms with Crippen molar-refractivity contribution in [2.45, 2.75) is 52.5 Å². The highest BCUT2D eigenvalue weighted by Crippen LogP contribution is 2.35. The number of anilines is 1. The number of thiazole rings is 1. The lowest BCUT2D eigenvalue weighted by Gasteiger charge is -2.32. The number of fused-ring (bicyclic) bond motifs is 1. The number of hydrogen-bond donors (Lipinski definition) is 1. The number of piperidine rings is 1. The van der Waals surface area contributed by atoms with Crippen molar-refractivity contribution in [1.29, 1.82) is 0 Å². The number of hydrogen-bond acceptors (Lipinski definition) is 6. The van der Waals surface area contributed by atoms with Crippen LogP contribution in [-0.4, -0.2) is 33.8 Å². The SMILES string of the molecule is CCC[C@@H](NC(=O)[C@H]1CCCN(c2nc3c(s2)c(C)nn3-c2ccc(C)cc2)C1)c1cccs1. The van der Waals surface area contributed by atoms with Gasteiger partial charge in [-0.2, -0.15) is 10.1 Å². The van der Waals surface area contributed by atoms with E-state index in [2.05, 4.69) is 65.8 Å². The Morgan fingerprint density at radius 2 is 2.06 bits per heavy atom. The second-order valence-corrected chi connectivity index (χ2v) is 11.1. The fourth-order valence-electron chi connectivity index (χ4n) is 4.64. The molecule has 0 saturated carbocycles. The molecule has 1 aliphatic heterocycles. The van der Waals surface area contributed by atoms with Crippen molar-refractivity contribution >= 4 is 44.1 Å². The molecule has 0 bridgehead atoms. The Morgan fingerprint density at radius 3 is 2.79 bits per heavy atom. The van der Waals surface area contributed by atoms with E-state index >= 15 is 0 Å². The summed E-state index contributed by atoms with van der Waals surface area (Å²) in [7, 11) is 0. The first-order chi connectivity index (χ1) is 16.5. The summed E-state index contributed by atoms with van der Waals surface area (Å²) in [5, 5.41) is 11.1. The van der Waals surface area contributed by atoms with Crippen LogP contribution in [0.15, 0.2) is 41.8 Å². The summed E-state index contributed by atoms with van der Waals surface area (Å²) in [6.07, 6.45) is 3.93. The third kappa shape index (κ3) is 4.61. The minimum Gasteiger partial charge on any atom is -0.348 e. The van der Waals surface area contributed by atoms with Gasteiger partial charge in [-0.05, 0) is 56.7 Å². The van der Waals surface area contributed by atoms with Gasteiger partial charge < -0.3 is 10.2 Å². The molecule has 34 heavy (non-hydrogen) atoms. The van der Waals surface area contributed by atoms with Gasteiger partial charge in [0.05, 0.1) is 28.0 Å². The van der Waals surface area contributed by atoms with Gasteiger partial charge in [-0.15, -0.1) is 11.3 Å². The number of nitrogens with one attached hydrogen (secondary N) is 1. The fraction of sp³-hybridized carbons (Fsp3) is 0.423. The molecule has 178 valence electrons. The summed E-state index contributed by atoms with van der Waals surface area (Å²) in [6, 6.07) is 12.7. The lowest BCUT2D eigenvalue weighted by molar-refractivity contribution is -0.126. The van der Waals surface area contributed by atoms with Crippen molar-refractivity contribution in [3.63, 3.8) is 0 Å². The van der Waals surface area contributed by atoms with E-state index in [-0.39, 0.29) is 17.9 Å². The van der Waals surface area contributed by atoms with Crippen molar-refractivity contribution in [2.24, 2.45) is 5.92 Å². The van der Waals surface area contributed by atoms with E-state index in [0.717, 1.165) is 59.1 Å². The van der Waals surface area contributed by atoms with Gasteiger partial charge in [0, 0.05) is 18.0 Å². The Balaban J connectivity index is 1.34. The van der Waals surface area contributed by atoms with Gasteiger partial charge >= 0.3 is 0 Å². The molecule has 0 radical (unpaired) electrons. The molecule has 1 fully saturated rings. The fourth-order valence-corrected chi connectivity index (χ4v) is 6.48. The summed E-state index contributed by atoms with van der Waals surface area (Å²) in [4.78, 5) is 21.8. The molecule has 1 aromatic carbocycles. The molecule has 1 saturated heterocycles. The second-order valence-electron chi connectivity index (χ2n) is 9.13. The number of thiophene rings is 1. The zero-order valence-corrected chi connectivity index (χ0v) is 21.6. The van der Waals surface area contributed by atoms with E-state index < -0.39 is 0 Å². The first kappa shape index (κ1) is 23.1. The van der Waals surface area contributed by atoms with Crippen LogP contribution in [0.2, 0.25) is 0 Å². The molecule has 0 unspecified atom stereocenters. The van der Waals surface area contributed by atoms with Crippen LogP contribution < -0.4 is 10.2 Å². The smallest absolute Gasteiger partial charge is 0.225 e. The third-order valence-electron chi connectivity index (χ3n) is 6.50. The molecule has 1 amide bonds. The normalized spacial score (nSPS) is 17.3. The Bertz CT molecular complexity index is 1260. The highest BCUT2D eigenvalue weighted by Gasteiger charge is 2.30. The molecule has 0 aliphatic carbocycles. The maximum Gasteiger partial charge on any atom is 0.225 e. The van der Waals surface area contributed by atoms with Crippen LogP contribution in [0, 0.1) is 19.8 Å². The summed E-state index contributed by atoms with van der Waals surface area (Å²) >= 11 is 3.40. The first-order valence-corrected chi connectivity index (χ1v) is 13.7. The summed E-state index contributed by atoms with van der Waals surface area (Å²) in [5.74, 6) is 0.148. The van der Waals surface area contributed by atoms with Crippen molar-refractivity contribution in [3.05, 3.63) is 57.9 Å². The standard InChI is InChI=1S/C26H31N5OS2/c1-4-7-21(22-9-6-15-33-22)27-25(32)19-8-5-14-30(16-19)26-28-24-23(34-26)18(3)29-31(24)20-12-10-17(2)11-13-20/h6,9-13,15,19,21H,4-5,7-8,14,16H2,1-3H3,(H,27,32)/t19-,21+/m0/s1. The molecule has 8 heteroatoms. The zero-order valence-electron chi connectivity index (χ0n) is 20.0. The molecule has 1 N–H and O–H groups in total. The topological polar surface area (TPSA) is 63.1 Å². The van der Waals surface area contributed by atoms with Crippen LogP contribution in [-0.2, 0) is 4.79 Å². The Hall–Kier alpha value is -2.71. The van der Waals surface area contributed by atoms with Gasteiger partial charge in [-0.3, -0.25) is 4.79 Å². The highest BCUT2D eigenvalue weighted by molar-refractivity contribution is 7.22. The molecule has 6 nitrogen and oxygen atoms in total. The first-order valence-electron chi connectivity index (χ1n) is 12.1. The average molecular weight is 494 g/mol. The van der Waals surface area contributed by atoms with Crippen LogP contribution in [0.4, 0.5) is 5.13 Å². The maximum atomic E-state index is 13.2. The average Bonchev–Trinajstić information content (AvgIpc) is 3.58. The van der Waals surface area contributed by atoms with Crippen LogP contribution in [0.3, 0.4) is 0 Å². The molecule has 4 aromatic rings. The van der Waals surface area contributed by atoms with E-state index in [1.54, 1.807) is 22.7 Å². The lowest BCUT2D eigenvalue weighted by Crippen LogP contribution is -2.44. The largest absolute Gasteiger partial charge is 0.348 e. The summed E-state index contributed by atoms with van der Waals surface area (Å²) in [6.45, 7) is 7.94. The minimum atomic E-state index is -0.0187. The molecule has 4 heterocycles. The van der Waals surface area contributed by atoms with E-state index in [1.165, 1.54) is 10.4 Å². The van der Waals surface area contributed by atoms with Crippen LogP contribution >= 0.6 is 22.7 Å². The zero-order chi connectivity index (χ0) is 23.7. The van der Waals surface area contributed by atoms with Crippen LogP contribution in [0.5, 0.6) is 0 Å². The molecular formula is C26H31N5OS2. The molecule has 5 rings (SSSR count). The predicted octanol–water partition coefficient (Wildman–Crippen LogP) is 6.03. The molecule has 0 spiro atoms. The summed E-state index contributed by atoms with van der Waals surface area (Å²) < 4.78 is 3.05. The highest BCUT2D eigenvalue weighted by atomic mass is 32.1. The van der Waals surface area contributed by atoms with Crippen LogP contribution in [0.25, 0.3) is 16.0 Å². The van der Waals surface area contributed by atoms with E-state index in [0.29, 0.717) is 6.54 Å². The Morgan fingerprint density at radius 1 is 1.24 bits per heavy atom. The lowest BCUT2D eigenvalue weighted by atomic mass is 9.96. The van der Waals surface area contributed by atoms with Crippen LogP contribution in [0.1, 0.15) is 54.8 Å². The van der Waals surface area contributed by atoms with Gasteiger partial charge in [-0.25, -0.2) is 4.68 Å². The Kier molecular flexibility index (Phi) is 6.70. The second kappa shape index (κ2) is 9.88. The number of aryl methyl sites for hydroxylation is 2. The summed E-state index contributed by atoms with van der Waals surface area (Å²) in [5.41, 5.74) is 4.13. The van der Waals surface area contributed by atoms with Crippen molar-refractivity contribution in [3.8, 4) is 5.69 Å². The number of aromatic nitrogens is 3. The van der Waals surface area contributed by atoms with Gasteiger partial charge in [0.15, 0.2) is 10.8 Å². The number of rotatable bonds is 7. The molecule has 1 aliphatic rings. The number of benzene rings is 1. The molecule has 3 aromatic heterocycles. The van der Waals surface area contributed by atoms with E-state index in [9.17, 15) is 4.79 Å². The predicted molar refractivity (Wildman–Crippen MR) is 141 cm³/mol.